The first-order valence-corrected chi connectivity index (χ1v) is 13.9. The minimum absolute atomic E-state index is 0.0828. The van der Waals surface area contributed by atoms with Crippen LogP contribution in [0.2, 0.25) is 0 Å². The summed E-state index contributed by atoms with van der Waals surface area (Å²) in [4.78, 5) is 18.9. The number of aliphatic hydroxyl groups is 1. The Morgan fingerprint density at radius 1 is 1.00 bits per heavy atom. The number of aliphatic hydroxyl groups excluding tert-OH is 1. The summed E-state index contributed by atoms with van der Waals surface area (Å²) in [5.41, 5.74) is 13.0. The molecule has 0 aliphatic rings. The van der Waals surface area contributed by atoms with Gasteiger partial charge in [0.05, 0.1) is 18.7 Å². The van der Waals surface area contributed by atoms with Crippen LogP contribution in [0.25, 0.3) is 10.8 Å². The summed E-state index contributed by atoms with van der Waals surface area (Å²) in [7, 11) is 0. The smallest absolute Gasteiger partial charge is 0.328 e. The highest BCUT2D eigenvalue weighted by molar-refractivity contribution is 5.83. The average molecular weight is 534 g/mol. The molecule has 8 heteroatoms. The molecule has 0 spiro atoms. The van der Waals surface area contributed by atoms with Crippen LogP contribution in [0.1, 0.15) is 69.8 Å². The molecule has 0 unspecified atom stereocenters. The number of aliphatic carboxylic acids is 1. The minimum atomic E-state index is -1.04. The molecule has 3 aromatic rings. The van der Waals surface area contributed by atoms with E-state index in [9.17, 15) is 15.0 Å². The lowest BCUT2D eigenvalue weighted by Gasteiger charge is -2.25. The number of benzene rings is 2. The molecule has 0 fully saturated rings. The van der Waals surface area contributed by atoms with Crippen molar-refractivity contribution in [2.75, 3.05) is 11.9 Å². The van der Waals surface area contributed by atoms with Gasteiger partial charge in [-0.25, -0.2) is 9.79 Å². The maximum atomic E-state index is 11.7. The second-order valence-corrected chi connectivity index (χ2v) is 10.2. The molecule has 0 radical (unpaired) electrons. The van der Waals surface area contributed by atoms with Crippen molar-refractivity contribution >= 4 is 28.5 Å². The van der Waals surface area contributed by atoms with E-state index in [4.69, 9.17) is 11.5 Å². The molecular formula is C31H43N5O3. The van der Waals surface area contributed by atoms with Gasteiger partial charge in [0, 0.05) is 12.3 Å². The van der Waals surface area contributed by atoms with E-state index in [2.05, 4.69) is 52.5 Å². The number of hydrogen-bond acceptors (Lipinski definition) is 4. The standard InChI is InChI=1S/C31H43N5O3/c1-2-3-11-27(37)12-6-10-23(25-15-14-22-8-4-5-9-24(22)19-25)16-17-28(36-29-13-7-18-34-29)26(20-30(38)39)21-35-31(32)33/h4-5,7-9,13-15,18-20,23,27-28,34,36-37H,2-3,6,10-12,16-17,21H2,1H3,(H,38,39)(H4,32,33,35)/b26-20+/t23-,27+,28-/m1/s1. The largest absolute Gasteiger partial charge is 0.478 e. The van der Waals surface area contributed by atoms with Crippen LogP contribution in [0.4, 0.5) is 5.82 Å². The molecule has 3 rings (SSSR count). The highest BCUT2D eigenvalue weighted by Crippen LogP contribution is 2.32. The highest BCUT2D eigenvalue weighted by atomic mass is 16.4. The van der Waals surface area contributed by atoms with Crippen molar-refractivity contribution in [3.63, 3.8) is 0 Å². The van der Waals surface area contributed by atoms with Gasteiger partial charge < -0.3 is 32.0 Å². The maximum absolute atomic E-state index is 11.7. The molecule has 0 saturated carbocycles. The molecule has 0 saturated heterocycles. The van der Waals surface area contributed by atoms with Crippen molar-refractivity contribution in [1.82, 2.24) is 4.98 Å². The summed E-state index contributed by atoms with van der Waals surface area (Å²) >= 11 is 0. The zero-order valence-electron chi connectivity index (χ0n) is 22.9. The van der Waals surface area contributed by atoms with Crippen LogP contribution < -0.4 is 16.8 Å². The number of nitrogens with zero attached hydrogens (tertiary/aromatic N) is 1. The summed E-state index contributed by atoms with van der Waals surface area (Å²) in [5, 5.41) is 25.8. The van der Waals surface area contributed by atoms with E-state index in [1.165, 1.54) is 22.4 Å². The van der Waals surface area contributed by atoms with E-state index in [0.717, 1.165) is 50.8 Å². The van der Waals surface area contributed by atoms with E-state index < -0.39 is 5.97 Å². The lowest BCUT2D eigenvalue weighted by molar-refractivity contribution is -0.131. The number of rotatable bonds is 17. The third-order valence-corrected chi connectivity index (χ3v) is 7.16. The molecule has 0 bridgehead atoms. The number of anilines is 1. The van der Waals surface area contributed by atoms with Gasteiger partial charge >= 0.3 is 5.97 Å². The summed E-state index contributed by atoms with van der Waals surface area (Å²) in [6, 6.07) is 18.5. The van der Waals surface area contributed by atoms with Gasteiger partial charge in [0.2, 0.25) is 0 Å². The number of carbonyl (C=O) groups is 1. The monoisotopic (exact) mass is 533 g/mol. The third kappa shape index (κ3) is 10.1. The summed E-state index contributed by atoms with van der Waals surface area (Å²) in [5.74, 6) is -0.0841. The van der Waals surface area contributed by atoms with Gasteiger partial charge in [0.25, 0.3) is 0 Å². The van der Waals surface area contributed by atoms with Gasteiger partial charge in [-0.1, -0.05) is 68.7 Å². The minimum Gasteiger partial charge on any atom is -0.478 e. The number of carboxylic acid groups (broad SMARTS) is 1. The molecule has 210 valence electrons. The second kappa shape index (κ2) is 15.6. The van der Waals surface area contributed by atoms with Crippen molar-refractivity contribution in [2.45, 2.75) is 76.4 Å². The van der Waals surface area contributed by atoms with Gasteiger partial charge in [-0.15, -0.1) is 0 Å². The Morgan fingerprint density at radius 2 is 1.77 bits per heavy atom. The Balaban J connectivity index is 1.83. The van der Waals surface area contributed by atoms with E-state index >= 15 is 0 Å². The first kappa shape index (κ1) is 29.8. The van der Waals surface area contributed by atoms with Crippen LogP contribution >= 0.6 is 0 Å². The fourth-order valence-electron chi connectivity index (χ4n) is 5.05. The molecule has 2 aromatic carbocycles. The predicted molar refractivity (Wildman–Crippen MR) is 160 cm³/mol. The quantitative estimate of drug-likeness (QED) is 0.0764. The fourth-order valence-corrected chi connectivity index (χ4v) is 5.05. The summed E-state index contributed by atoms with van der Waals surface area (Å²) in [6.07, 6.45) is 9.83. The molecule has 0 aliphatic carbocycles. The predicted octanol–water partition coefficient (Wildman–Crippen LogP) is 5.52. The van der Waals surface area contributed by atoms with Gasteiger partial charge in [-0.2, -0.15) is 0 Å². The van der Waals surface area contributed by atoms with Crippen molar-refractivity contribution in [1.29, 1.82) is 0 Å². The van der Waals surface area contributed by atoms with E-state index in [-0.39, 0.29) is 30.6 Å². The number of hydrogen-bond donors (Lipinski definition) is 6. The number of nitrogens with one attached hydrogen (secondary N) is 2. The Kier molecular flexibility index (Phi) is 11.9. The van der Waals surface area contributed by atoms with Crippen LogP contribution in [0, 0.1) is 0 Å². The molecule has 3 atom stereocenters. The molecule has 1 heterocycles. The normalized spacial score (nSPS) is 14.1. The van der Waals surface area contributed by atoms with Crippen LogP contribution in [-0.2, 0) is 4.79 Å². The number of nitrogens with two attached hydrogens (primary N) is 2. The van der Waals surface area contributed by atoms with Crippen LogP contribution in [0.3, 0.4) is 0 Å². The number of carboxylic acids is 1. The Labute approximate surface area is 231 Å². The molecular weight excluding hydrogens is 490 g/mol. The zero-order valence-corrected chi connectivity index (χ0v) is 22.9. The Hall–Kier alpha value is -3.78. The second-order valence-electron chi connectivity index (χ2n) is 10.2. The number of unbranched alkanes of at least 4 members (excludes halogenated alkanes) is 1. The number of aliphatic imine (C=N–C) groups is 1. The van der Waals surface area contributed by atoms with Crippen molar-refractivity contribution in [3.05, 3.63) is 78.0 Å². The zero-order chi connectivity index (χ0) is 28.0. The first-order valence-electron chi connectivity index (χ1n) is 13.9. The molecule has 8 nitrogen and oxygen atoms in total. The third-order valence-electron chi connectivity index (χ3n) is 7.16. The van der Waals surface area contributed by atoms with Gasteiger partial charge in [-0.3, -0.25) is 0 Å². The average Bonchev–Trinajstić information content (AvgIpc) is 3.43. The van der Waals surface area contributed by atoms with Crippen LogP contribution in [-0.4, -0.2) is 45.8 Å². The highest BCUT2D eigenvalue weighted by Gasteiger charge is 2.21. The Morgan fingerprint density at radius 3 is 2.46 bits per heavy atom. The van der Waals surface area contributed by atoms with Crippen molar-refractivity contribution in [2.24, 2.45) is 16.5 Å². The van der Waals surface area contributed by atoms with Crippen molar-refractivity contribution < 1.29 is 15.0 Å². The number of guanidine groups is 1. The van der Waals surface area contributed by atoms with Gasteiger partial charge in [0.15, 0.2) is 5.96 Å². The maximum Gasteiger partial charge on any atom is 0.328 e. The van der Waals surface area contributed by atoms with Crippen molar-refractivity contribution in [3.8, 4) is 0 Å². The number of aromatic nitrogens is 1. The number of aromatic amines is 1. The van der Waals surface area contributed by atoms with Gasteiger partial charge in [-0.05, 0) is 72.1 Å². The van der Waals surface area contributed by atoms with Crippen LogP contribution in [0.15, 0.2) is 77.4 Å². The van der Waals surface area contributed by atoms with E-state index in [1.807, 2.05) is 30.5 Å². The van der Waals surface area contributed by atoms with E-state index in [1.54, 1.807) is 0 Å². The molecule has 0 amide bonds. The lowest BCUT2D eigenvalue weighted by Crippen LogP contribution is -2.28. The molecule has 39 heavy (non-hydrogen) atoms. The molecule has 8 N–H and O–H groups in total. The van der Waals surface area contributed by atoms with Gasteiger partial charge in [0.1, 0.15) is 5.82 Å². The lowest BCUT2D eigenvalue weighted by atomic mass is 9.85. The fraction of sp³-hybridized carbons (Fsp3) is 0.419. The number of H-pyrrole nitrogens is 1. The van der Waals surface area contributed by atoms with Crippen LogP contribution in [0.5, 0.6) is 0 Å². The summed E-state index contributed by atoms with van der Waals surface area (Å²) in [6.45, 7) is 2.23. The SMILES string of the molecule is CCCC[C@H](O)CCC[C@H](CC[C@@H](Nc1ccc[nH]1)/C(=C/C(=O)O)CN=C(N)N)c1ccc2ccccc2c1. The summed E-state index contributed by atoms with van der Waals surface area (Å²) < 4.78 is 0. The molecule has 1 aromatic heterocycles. The molecule has 0 aliphatic heterocycles. The number of fused-ring (bicyclic) bond motifs is 1. The topological polar surface area (TPSA) is 150 Å². The first-order chi connectivity index (χ1) is 18.9. The Bertz CT molecular complexity index is 1220. The van der Waals surface area contributed by atoms with E-state index in [0.29, 0.717) is 12.0 Å².